The number of nitrogens with zero attached hydrogens (tertiary/aromatic N) is 1. The molecule has 1 aromatic carbocycles. The van der Waals surface area contributed by atoms with E-state index in [2.05, 4.69) is 9.97 Å². The second-order valence-corrected chi connectivity index (χ2v) is 3.26. The van der Waals surface area contributed by atoms with Crippen LogP contribution in [0.3, 0.4) is 0 Å². The van der Waals surface area contributed by atoms with Crippen molar-refractivity contribution in [3.63, 3.8) is 0 Å². The number of aromatic nitrogens is 2. The summed E-state index contributed by atoms with van der Waals surface area (Å²) in [6.07, 6.45) is 3.15. The van der Waals surface area contributed by atoms with Gasteiger partial charge in [-0.3, -0.25) is 4.79 Å². The number of imidazole rings is 1. The van der Waals surface area contributed by atoms with Crippen LogP contribution in [0.25, 0.3) is 0 Å². The lowest BCUT2D eigenvalue weighted by atomic mass is 10.1. The van der Waals surface area contributed by atoms with Gasteiger partial charge in [0.2, 0.25) is 0 Å². The van der Waals surface area contributed by atoms with Crippen molar-refractivity contribution in [2.75, 3.05) is 0 Å². The highest BCUT2D eigenvalue weighted by molar-refractivity contribution is 5.97. The maximum atomic E-state index is 12.9. The van der Waals surface area contributed by atoms with Crippen molar-refractivity contribution >= 4 is 5.78 Å². The van der Waals surface area contributed by atoms with Crippen LogP contribution in [0, 0.1) is 11.6 Å². The molecule has 16 heavy (non-hydrogen) atoms. The lowest BCUT2D eigenvalue weighted by Crippen LogP contribution is -2.05. The normalized spacial score (nSPS) is 10.4. The number of H-pyrrole nitrogens is 1. The molecule has 0 aliphatic heterocycles. The van der Waals surface area contributed by atoms with Crippen molar-refractivity contribution in [2.45, 2.75) is 6.42 Å². The van der Waals surface area contributed by atoms with E-state index in [1.54, 1.807) is 6.20 Å². The molecular weight excluding hydrogens is 214 g/mol. The van der Waals surface area contributed by atoms with Crippen LogP contribution < -0.4 is 0 Å². The third-order valence-corrected chi connectivity index (χ3v) is 2.12. The summed E-state index contributed by atoms with van der Waals surface area (Å²) in [5.74, 6) is -1.80. The number of aromatic amines is 1. The number of benzene rings is 1. The Hall–Kier alpha value is -2.04. The van der Waals surface area contributed by atoms with Crippen molar-refractivity contribution in [1.29, 1.82) is 0 Å². The molecule has 1 N–H and O–H groups in total. The van der Waals surface area contributed by atoms with Crippen molar-refractivity contribution in [2.24, 2.45) is 0 Å². The van der Waals surface area contributed by atoms with Crippen LogP contribution in [0.1, 0.15) is 16.2 Å². The van der Waals surface area contributed by atoms with Gasteiger partial charge in [0.05, 0.1) is 6.42 Å². The molecule has 82 valence electrons. The summed E-state index contributed by atoms with van der Waals surface area (Å²) in [5, 5.41) is 0. The van der Waals surface area contributed by atoms with E-state index in [9.17, 15) is 13.6 Å². The molecule has 0 aliphatic rings. The molecule has 0 bridgehead atoms. The molecule has 0 aliphatic carbocycles. The van der Waals surface area contributed by atoms with Gasteiger partial charge in [-0.1, -0.05) is 0 Å². The van der Waals surface area contributed by atoms with E-state index in [4.69, 9.17) is 0 Å². The van der Waals surface area contributed by atoms with Crippen LogP contribution in [0.2, 0.25) is 0 Å². The fraction of sp³-hybridized carbons (Fsp3) is 0.0909. The minimum absolute atomic E-state index is 0.0398. The summed E-state index contributed by atoms with van der Waals surface area (Å²) in [4.78, 5) is 18.3. The van der Waals surface area contributed by atoms with Gasteiger partial charge in [0.25, 0.3) is 0 Å². The molecular formula is C11H8F2N2O. The van der Waals surface area contributed by atoms with Crippen LogP contribution in [-0.2, 0) is 6.42 Å². The zero-order valence-electron chi connectivity index (χ0n) is 8.21. The largest absolute Gasteiger partial charge is 0.348 e. The highest BCUT2D eigenvalue weighted by atomic mass is 19.2. The topological polar surface area (TPSA) is 45.8 Å². The van der Waals surface area contributed by atoms with E-state index < -0.39 is 11.6 Å². The van der Waals surface area contributed by atoms with Gasteiger partial charge in [-0.25, -0.2) is 13.8 Å². The standard InChI is InChI=1S/C11H8F2N2O/c12-8-2-1-7(5-9(8)13)10(16)6-11-14-3-4-15-11/h1-5H,6H2,(H,14,15). The third kappa shape index (κ3) is 2.13. The number of carbonyl (C=O) groups excluding carboxylic acids is 1. The molecule has 0 atom stereocenters. The van der Waals surface area contributed by atoms with Crippen LogP contribution in [0.15, 0.2) is 30.6 Å². The van der Waals surface area contributed by atoms with Gasteiger partial charge < -0.3 is 4.98 Å². The molecule has 3 nitrogen and oxygen atoms in total. The SMILES string of the molecule is O=C(Cc1ncc[nH]1)c1ccc(F)c(F)c1. The minimum Gasteiger partial charge on any atom is -0.348 e. The van der Waals surface area contributed by atoms with Crippen molar-refractivity contribution < 1.29 is 13.6 Å². The molecule has 2 rings (SSSR count). The second-order valence-electron chi connectivity index (χ2n) is 3.26. The summed E-state index contributed by atoms with van der Waals surface area (Å²) >= 11 is 0. The van der Waals surface area contributed by atoms with Gasteiger partial charge in [-0.15, -0.1) is 0 Å². The first-order valence-electron chi connectivity index (χ1n) is 4.63. The zero-order valence-corrected chi connectivity index (χ0v) is 8.21. The Morgan fingerprint density at radius 3 is 2.75 bits per heavy atom. The number of hydrogen-bond donors (Lipinski definition) is 1. The number of carbonyl (C=O) groups is 1. The molecule has 2 aromatic rings. The quantitative estimate of drug-likeness (QED) is 0.808. The van der Waals surface area contributed by atoms with Gasteiger partial charge in [0, 0.05) is 18.0 Å². The Kier molecular flexibility index (Phi) is 2.76. The maximum Gasteiger partial charge on any atom is 0.170 e. The van der Waals surface area contributed by atoms with Gasteiger partial charge in [0.1, 0.15) is 5.82 Å². The van der Waals surface area contributed by atoms with Gasteiger partial charge in [-0.2, -0.15) is 0 Å². The van der Waals surface area contributed by atoms with E-state index in [0.717, 1.165) is 12.1 Å². The molecule has 0 amide bonds. The Morgan fingerprint density at radius 1 is 1.31 bits per heavy atom. The molecule has 1 aromatic heterocycles. The summed E-state index contributed by atoms with van der Waals surface area (Å²) in [5.41, 5.74) is 0.135. The average molecular weight is 222 g/mol. The van der Waals surface area contributed by atoms with Crippen LogP contribution in [-0.4, -0.2) is 15.8 Å². The predicted molar refractivity (Wildman–Crippen MR) is 53.0 cm³/mol. The fourth-order valence-corrected chi connectivity index (χ4v) is 1.32. The third-order valence-electron chi connectivity index (χ3n) is 2.12. The minimum atomic E-state index is -1.02. The molecule has 0 saturated heterocycles. The zero-order chi connectivity index (χ0) is 11.5. The monoisotopic (exact) mass is 222 g/mol. The summed E-state index contributed by atoms with van der Waals surface area (Å²) in [7, 11) is 0. The summed E-state index contributed by atoms with van der Waals surface area (Å²) < 4.78 is 25.5. The smallest absolute Gasteiger partial charge is 0.170 e. The summed E-state index contributed by atoms with van der Waals surface area (Å²) in [6, 6.07) is 3.08. The number of hydrogen-bond acceptors (Lipinski definition) is 2. The highest BCUT2D eigenvalue weighted by Crippen LogP contribution is 2.10. The van der Waals surface area contributed by atoms with E-state index in [-0.39, 0.29) is 17.8 Å². The maximum absolute atomic E-state index is 12.9. The average Bonchev–Trinajstić information content (AvgIpc) is 2.74. The van der Waals surface area contributed by atoms with Gasteiger partial charge >= 0.3 is 0 Å². The van der Waals surface area contributed by atoms with E-state index in [1.807, 2.05) is 0 Å². The highest BCUT2D eigenvalue weighted by Gasteiger charge is 2.11. The predicted octanol–water partition coefficient (Wildman–Crippen LogP) is 2.11. The Bertz CT molecular complexity index is 509. The van der Waals surface area contributed by atoms with E-state index >= 15 is 0 Å². The molecule has 0 fully saturated rings. The first kappa shape index (κ1) is 10.5. The molecule has 1 heterocycles. The Morgan fingerprint density at radius 2 is 2.12 bits per heavy atom. The van der Waals surface area contributed by atoms with E-state index in [0.29, 0.717) is 5.82 Å². The number of Topliss-reactive ketones (excluding diaryl/α,β-unsaturated/α-hetero) is 1. The number of nitrogens with one attached hydrogen (secondary N) is 1. The van der Waals surface area contributed by atoms with Crippen LogP contribution in [0.4, 0.5) is 8.78 Å². The van der Waals surface area contributed by atoms with Crippen molar-refractivity contribution in [3.8, 4) is 0 Å². The van der Waals surface area contributed by atoms with Gasteiger partial charge in [-0.05, 0) is 18.2 Å². The first-order chi connectivity index (χ1) is 7.66. The van der Waals surface area contributed by atoms with Crippen LogP contribution in [0.5, 0.6) is 0 Å². The lowest BCUT2D eigenvalue weighted by Gasteiger charge is -1.99. The molecule has 0 spiro atoms. The first-order valence-corrected chi connectivity index (χ1v) is 4.63. The Balaban J connectivity index is 2.18. The van der Waals surface area contributed by atoms with Crippen LogP contribution >= 0.6 is 0 Å². The second kappa shape index (κ2) is 4.22. The van der Waals surface area contributed by atoms with Crippen molar-refractivity contribution in [3.05, 3.63) is 53.6 Å². The summed E-state index contributed by atoms with van der Waals surface area (Å²) in [6.45, 7) is 0. The number of rotatable bonds is 3. The molecule has 5 heteroatoms. The number of ketones is 1. The number of halogens is 2. The molecule has 0 unspecified atom stereocenters. The van der Waals surface area contributed by atoms with E-state index in [1.165, 1.54) is 12.3 Å². The lowest BCUT2D eigenvalue weighted by molar-refractivity contribution is 0.0990. The fourth-order valence-electron chi connectivity index (χ4n) is 1.32. The molecule has 0 saturated carbocycles. The molecule has 0 radical (unpaired) electrons. The Labute approximate surface area is 90.1 Å². The van der Waals surface area contributed by atoms with Crippen molar-refractivity contribution in [1.82, 2.24) is 9.97 Å². The van der Waals surface area contributed by atoms with Gasteiger partial charge in [0.15, 0.2) is 17.4 Å².